The lowest BCUT2D eigenvalue weighted by molar-refractivity contribution is -0.131. The third-order valence-corrected chi connectivity index (χ3v) is 3.44. The minimum atomic E-state index is 0.206. The molecule has 1 amide bonds. The summed E-state index contributed by atoms with van der Waals surface area (Å²) in [6.07, 6.45) is 0.639. The van der Waals surface area contributed by atoms with Crippen LogP contribution in [0.2, 0.25) is 0 Å². The Morgan fingerprint density at radius 2 is 2.16 bits per heavy atom. The Kier molecular flexibility index (Phi) is 4.80. The molecule has 0 aromatic heterocycles. The molecular formula is C15H22N2O2. The van der Waals surface area contributed by atoms with Crippen LogP contribution >= 0.6 is 0 Å². The van der Waals surface area contributed by atoms with E-state index in [1.54, 1.807) is 4.90 Å². The molecule has 0 aliphatic carbocycles. The maximum Gasteiger partial charge on any atom is 0.222 e. The number of rotatable bonds is 6. The first kappa shape index (κ1) is 13.9. The molecule has 0 radical (unpaired) electrons. The van der Waals surface area contributed by atoms with Crippen molar-refractivity contribution in [1.29, 1.82) is 0 Å². The van der Waals surface area contributed by atoms with Crippen molar-refractivity contribution in [2.45, 2.75) is 19.9 Å². The first-order valence-corrected chi connectivity index (χ1v) is 6.86. The number of hydrogen-bond donors (Lipinski definition) is 1. The van der Waals surface area contributed by atoms with E-state index in [1.807, 2.05) is 38.2 Å². The van der Waals surface area contributed by atoms with Crippen molar-refractivity contribution in [2.75, 3.05) is 26.7 Å². The Morgan fingerprint density at radius 1 is 1.42 bits per heavy atom. The summed E-state index contributed by atoms with van der Waals surface area (Å²) < 4.78 is 5.58. The van der Waals surface area contributed by atoms with E-state index in [-0.39, 0.29) is 5.91 Å². The maximum absolute atomic E-state index is 12.1. The van der Waals surface area contributed by atoms with Gasteiger partial charge in [0.05, 0.1) is 6.61 Å². The molecule has 0 saturated carbocycles. The summed E-state index contributed by atoms with van der Waals surface area (Å²) in [4.78, 5) is 13.9. The monoisotopic (exact) mass is 262 g/mol. The number of para-hydroxylation sites is 1. The number of amides is 1. The van der Waals surface area contributed by atoms with Gasteiger partial charge in [-0.1, -0.05) is 18.2 Å². The van der Waals surface area contributed by atoms with E-state index in [4.69, 9.17) is 4.74 Å². The van der Waals surface area contributed by atoms with Crippen LogP contribution < -0.4 is 10.1 Å². The second-order valence-corrected chi connectivity index (χ2v) is 5.02. The minimum absolute atomic E-state index is 0.206. The highest BCUT2D eigenvalue weighted by atomic mass is 16.5. The molecule has 4 nitrogen and oxygen atoms in total. The van der Waals surface area contributed by atoms with Crippen LogP contribution in [0, 0.1) is 5.92 Å². The summed E-state index contributed by atoms with van der Waals surface area (Å²) in [6.45, 7) is 5.15. The number of nitrogens with zero attached hydrogens (tertiary/aromatic N) is 1. The summed E-state index contributed by atoms with van der Waals surface area (Å²) in [5.74, 6) is 1.59. The predicted molar refractivity (Wildman–Crippen MR) is 75.1 cm³/mol. The average Bonchev–Trinajstić information content (AvgIpc) is 2.36. The summed E-state index contributed by atoms with van der Waals surface area (Å²) in [5.41, 5.74) is 1.06. The lowest BCUT2D eigenvalue weighted by atomic mass is 9.98. The van der Waals surface area contributed by atoms with Crippen LogP contribution in [0.25, 0.3) is 0 Å². The molecule has 104 valence electrons. The van der Waals surface area contributed by atoms with E-state index in [0.717, 1.165) is 24.4 Å². The van der Waals surface area contributed by atoms with Gasteiger partial charge in [0, 0.05) is 25.6 Å². The SMILES string of the molecule is CCOc1ccccc1CN(C)C(=O)CC1CNC1. The molecular weight excluding hydrogens is 240 g/mol. The highest BCUT2D eigenvalue weighted by molar-refractivity contribution is 5.76. The first-order valence-electron chi connectivity index (χ1n) is 6.86. The van der Waals surface area contributed by atoms with Crippen molar-refractivity contribution in [3.05, 3.63) is 29.8 Å². The molecule has 0 bridgehead atoms. The molecule has 1 N–H and O–H groups in total. The molecule has 1 heterocycles. The Labute approximate surface area is 114 Å². The minimum Gasteiger partial charge on any atom is -0.494 e. The largest absolute Gasteiger partial charge is 0.494 e. The van der Waals surface area contributed by atoms with E-state index < -0.39 is 0 Å². The van der Waals surface area contributed by atoms with Crippen molar-refractivity contribution in [3.63, 3.8) is 0 Å². The summed E-state index contributed by atoms with van der Waals surface area (Å²) in [6, 6.07) is 7.90. The standard InChI is InChI=1S/C15H22N2O2/c1-3-19-14-7-5-4-6-13(14)11-17(2)15(18)8-12-9-16-10-12/h4-7,12,16H,3,8-11H2,1-2H3. The van der Waals surface area contributed by atoms with Gasteiger partial charge in [-0.3, -0.25) is 4.79 Å². The molecule has 1 aliphatic heterocycles. The topological polar surface area (TPSA) is 41.6 Å². The van der Waals surface area contributed by atoms with E-state index in [2.05, 4.69) is 5.32 Å². The molecule has 1 aliphatic rings. The van der Waals surface area contributed by atoms with E-state index in [1.165, 1.54) is 0 Å². The Bertz CT molecular complexity index is 430. The third-order valence-electron chi connectivity index (χ3n) is 3.44. The van der Waals surface area contributed by atoms with E-state index in [9.17, 15) is 4.79 Å². The third kappa shape index (κ3) is 3.70. The fourth-order valence-corrected chi connectivity index (χ4v) is 2.17. The Morgan fingerprint density at radius 3 is 2.79 bits per heavy atom. The smallest absolute Gasteiger partial charge is 0.222 e. The van der Waals surface area contributed by atoms with Gasteiger partial charge in [0.2, 0.25) is 5.91 Å². The molecule has 1 fully saturated rings. The second kappa shape index (κ2) is 6.57. The van der Waals surface area contributed by atoms with Crippen molar-refractivity contribution in [2.24, 2.45) is 5.92 Å². The van der Waals surface area contributed by atoms with Gasteiger partial charge in [0.15, 0.2) is 0 Å². The highest BCUT2D eigenvalue weighted by Crippen LogP contribution is 2.20. The summed E-state index contributed by atoms with van der Waals surface area (Å²) in [5, 5.41) is 3.19. The summed E-state index contributed by atoms with van der Waals surface area (Å²) in [7, 11) is 1.86. The number of nitrogens with one attached hydrogen (secondary N) is 1. The molecule has 0 unspecified atom stereocenters. The molecule has 1 aromatic rings. The zero-order valence-corrected chi connectivity index (χ0v) is 11.7. The molecule has 0 spiro atoms. The highest BCUT2D eigenvalue weighted by Gasteiger charge is 2.22. The van der Waals surface area contributed by atoms with Crippen LogP contribution in [0.3, 0.4) is 0 Å². The van der Waals surface area contributed by atoms with Gasteiger partial charge >= 0.3 is 0 Å². The first-order chi connectivity index (χ1) is 9.20. The maximum atomic E-state index is 12.1. The molecule has 4 heteroatoms. The Hall–Kier alpha value is -1.55. The fraction of sp³-hybridized carbons (Fsp3) is 0.533. The number of carbonyl (C=O) groups excluding carboxylic acids is 1. The van der Waals surface area contributed by atoms with Crippen LogP contribution in [0.15, 0.2) is 24.3 Å². The predicted octanol–water partition coefficient (Wildman–Crippen LogP) is 1.65. The van der Waals surface area contributed by atoms with Crippen molar-refractivity contribution in [1.82, 2.24) is 10.2 Å². The summed E-state index contributed by atoms with van der Waals surface area (Å²) >= 11 is 0. The van der Waals surface area contributed by atoms with Gasteiger partial charge in [-0.2, -0.15) is 0 Å². The van der Waals surface area contributed by atoms with Gasteiger partial charge in [-0.15, -0.1) is 0 Å². The normalized spacial score (nSPS) is 14.8. The van der Waals surface area contributed by atoms with Crippen molar-refractivity contribution >= 4 is 5.91 Å². The van der Waals surface area contributed by atoms with E-state index >= 15 is 0 Å². The number of ether oxygens (including phenoxy) is 1. The quantitative estimate of drug-likeness (QED) is 0.847. The second-order valence-electron chi connectivity index (χ2n) is 5.02. The zero-order valence-electron chi connectivity index (χ0n) is 11.7. The molecule has 1 saturated heterocycles. The molecule has 19 heavy (non-hydrogen) atoms. The number of carbonyl (C=O) groups is 1. The van der Waals surface area contributed by atoms with Gasteiger partial charge < -0.3 is 15.0 Å². The van der Waals surface area contributed by atoms with Crippen LogP contribution in [-0.2, 0) is 11.3 Å². The van der Waals surface area contributed by atoms with Gasteiger partial charge in [0.1, 0.15) is 5.75 Å². The van der Waals surface area contributed by atoms with Crippen LogP contribution in [0.1, 0.15) is 18.9 Å². The molecule has 1 aromatic carbocycles. The molecule has 2 rings (SSSR count). The van der Waals surface area contributed by atoms with Gasteiger partial charge in [-0.25, -0.2) is 0 Å². The van der Waals surface area contributed by atoms with Crippen LogP contribution in [0.5, 0.6) is 5.75 Å². The van der Waals surface area contributed by atoms with Crippen LogP contribution in [-0.4, -0.2) is 37.6 Å². The number of benzene rings is 1. The molecule has 0 atom stereocenters. The fourth-order valence-electron chi connectivity index (χ4n) is 2.17. The van der Waals surface area contributed by atoms with Crippen molar-refractivity contribution < 1.29 is 9.53 Å². The van der Waals surface area contributed by atoms with Crippen LogP contribution in [0.4, 0.5) is 0 Å². The lowest BCUT2D eigenvalue weighted by Crippen LogP contribution is -2.44. The van der Waals surface area contributed by atoms with Gasteiger partial charge in [0.25, 0.3) is 0 Å². The number of hydrogen-bond acceptors (Lipinski definition) is 3. The lowest BCUT2D eigenvalue weighted by Gasteiger charge is -2.28. The average molecular weight is 262 g/mol. The zero-order chi connectivity index (χ0) is 13.7. The van der Waals surface area contributed by atoms with Gasteiger partial charge in [-0.05, 0) is 32.0 Å². The van der Waals surface area contributed by atoms with Crippen molar-refractivity contribution in [3.8, 4) is 5.75 Å². The Balaban J connectivity index is 1.93. The van der Waals surface area contributed by atoms with E-state index in [0.29, 0.717) is 25.5 Å².